The number of halogens is 1. The van der Waals surface area contributed by atoms with Gasteiger partial charge in [-0.05, 0) is 111 Å². The van der Waals surface area contributed by atoms with Crippen LogP contribution in [0, 0.1) is 46.3 Å². The predicted octanol–water partition coefficient (Wildman–Crippen LogP) is 2.14. The molecule has 4 aliphatic rings. The van der Waals surface area contributed by atoms with Gasteiger partial charge in [0.2, 0.25) is 5.91 Å². The molecule has 1 amide bonds. The first-order valence-electron chi connectivity index (χ1n) is 17.0. The van der Waals surface area contributed by atoms with Gasteiger partial charge in [0.1, 0.15) is 0 Å². The first kappa shape index (κ1) is 35.5. The zero-order chi connectivity index (χ0) is 29.3. The van der Waals surface area contributed by atoms with Crippen LogP contribution in [0.2, 0.25) is 0 Å². The Morgan fingerprint density at radius 1 is 0.976 bits per heavy atom. The molecule has 240 valence electrons. The maximum Gasteiger partial charge on any atom is 0.220 e. The minimum Gasteiger partial charge on any atom is -1.00 e. The molecule has 0 spiro atoms. The molecule has 0 radical (unpaired) electrons. The molecule has 0 aromatic carbocycles. The number of nitrogens with one attached hydrogen (secondary N) is 1. The van der Waals surface area contributed by atoms with Gasteiger partial charge in [0, 0.05) is 6.42 Å². The lowest BCUT2D eigenvalue weighted by Crippen LogP contribution is -3.00. The van der Waals surface area contributed by atoms with Crippen LogP contribution in [0.25, 0.3) is 0 Å². The Hall–Kier alpha value is 0.0400. The van der Waals surface area contributed by atoms with Gasteiger partial charge in [-0.3, -0.25) is 4.79 Å². The van der Waals surface area contributed by atoms with Crippen LogP contribution in [0.4, 0.5) is 0 Å². The lowest BCUT2D eigenvalue weighted by atomic mass is 9.43. The van der Waals surface area contributed by atoms with E-state index in [-0.39, 0.29) is 64.9 Å². The predicted molar refractivity (Wildman–Crippen MR) is 161 cm³/mol. The van der Waals surface area contributed by atoms with E-state index in [9.17, 15) is 20.1 Å². The molecule has 4 aliphatic carbocycles. The molecule has 4 fully saturated rings. The van der Waals surface area contributed by atoms with Crippen molar-refractivity contribution in [2.45, 2.75) is 129 Å². The summed E-state index contributed by atoms with van der Waals surface area (Å²) in [5.74, 6) is 2.16. The van der Waals surface area contributed by atoms with Crippen LogP contribution in [0.1, 0.15) is 111 Å². The number of unbranched alkanes of at least 4 members (excludes halogenated alkanes) is 3. The number of likely N-dealkylation sites (N-methyl/N-ethyl adjacent to an activating group) is 1. The van der Waals surface area contributed by atoms with Crippen molar-refractivity contribution in [1.82, 2.24) is 5.32 Å². The molecule has 0 aromatic rings. The van der Waals surface area contributed by atoms with Gasteiger partial charge in [0.05, 0.1) is 52.0 Å². The summed E-state index contributed by atoms with van der Waals surface area (Å²) in [7, 11) is 4.53. The fraction of sp³-hybridized carbons (Fsp3) is 0.971. The van der Waals surface area contributed by atoms with E-state index in [1.54, 1.807) is 0 Å². The van der Waals surface area contributed by atoms with Crippen LogP contribution in [-0.4, -0.2) is 77.8 Å². The van der Waals surface area contributed by atoms with Crippen LogP contribution in [-0.2, 0) is 4.79 Å². The highest BCUT2D eigenvalue weighted by Crippen LogP contribution is 2.68. The van der Waals surface area contributed by atoms with Crippen molar-refractivity contribution >= 4 is 5.91 Å². The number of aliphatic hydroxyl groups excluding tert-OH is 3. The molecule has 4 N–H and O–H groups in total. The number of hydrogen-bond acceptors (Lipinski definition) is 4. The van der Waals surface area contributed by atoms with Crippen LogP contribution in [0.5, 0.6) is 0 Å². The second-order valence-corrected chi connectivity index (χ2v) is 15.8. The largest absolute Gasteiger partial charge is 1.00 e. The van der Waals surface area contributed by atoms with Gasteiger partial charge in [0.25, 0.3) is 0 Å². The molecule has 0 aliphatic heterocycles. The van der Waals surface area contributed by atoms with Crippen LogP contribution < -0.4 is 29.3 Å². The Morgan fingerprint density at radius 2 is 1.71 bits per heavy atom. The Balaban J connectivity index is 0.00000462. The second kappa shape index (κ2) is 14.4. The highest BCUT2D eigenvalue weighted by molar-refractivity contribution is 5.75. The molecular weight excluding hydrogens is 627 g/mol. The summed E-state index contributed by atoms with van der Waals surface area (Å²) >= 11 is 0. The maximum atomic E-state index is 12.8. The molecule has 4 saturated carbocycles. The van der Waals surface area contributed by atoms with Crippen LogP contribution >= 0.6 is 0 Å². The molecule has 0 saturated heterocycles. The van der Waals surface area contributed by atoms with Crippen molar-refractivity contribution in [2.75, 3.05) is 33.7 Å². The second-order valence-electron chi connectivity index (χ2n) is 15.8. The number of aliphatic hydroxyl groups is 3. The normalized spacial score (nSPS) is 41.0. The Bertz CT molecular complexity index is 857. The van der Waals surface area contributed by atoms with Crippen molar-refractivity contribution in [3.05, 3.63) is 0 Å². The number of nitrogens with zero attached hydrogens (tertiary/aromatic N) is 1. The van der Waals surface area contributed by atoms with E-state index in [0.29, 0.717) is 36.0 Å². The number of hydrogen-bond donors (Lipinski definition) is 4. The van der Waals surface area contributed by atoms with Gasteiger partial charge in [-0.2, -0.15) is 0 Å². The summed E-state index contributed by atoms with van der Waals surface area (Å²) < 4.78 is 0.953. The lowest BCUT2D eigenvalue weighted by Gasteiger charge is -2.63. The molecule has 4 unspecified atom stereocenters. The van der Waals surface area contributed by atoms with Crippen molar-refractivity contribution in [3.8, 4) is 0 Å². The van der Waals surface area contributed by atoms with Crippen molar-refractivity contribution < 1.29 is 48.6 Å². The minimum atomic E-state index is -0.366. The molecule has 41 heavy (non-hydrogen) atoms. The monoisotopic (exact) mass is 690 g/mol. The summed E-state index contributed by atoms with van der Waals surface area (Å²) in [5, 5.41) is 36.8. The van der Waals surface area contributed by atoms with Crippen LogP contribution in [0.15, 0.2) is 0 Å². The Labute approximate surface area is 268 Å². The molecule has 0 aromatic heterocycles. The zero-order valence-corrected chi connectivity index (χ0v) is 29.2. The SMILES string of the molecule is CCCCCC[N+](C)(C)CCNC(=O)CC[C@@H](C)[C@H]1CCC2C3C(C[C@H](O)[C@@]21C)[C@@]1(C)CC[C@@H](O)CC1C[C@H]3O.[I-]. The van der Waals surface area contributed by atoms with E-state index in [0.717, 1.165) is 75.5 Å². The first-order chi connectivity index (χ1) is 18.8. The number of carbonyl (C=O) groups is 1. The van der Waals surface area contributed by atoms with Crippen molar-refractivity contribution in [1.29, 1.82) is 0 Å². The summed E-state index contributed by atoms with van der Waals surface area (Å²) in [6.07, 6.45) is 12.0. The summed E-state index contributed by atoms with van der Waals surface area (Å²) in [6, 6.07) is 0. The molecule has 0 heterocycles. The zero-order valence-electron chi connectivity index (χ0n) is 27.1. The van der Waals surface area contributed by atoms with Gasteiger partial charge in [-0.15, -0.1) is 0 Å². The number of fused-ring (bicyclic) bond motifs is 5. The van der Waals surface area contributed by atoms with Crippen molar-refractivity contribution in [2.24, 2.45) is 46.3 Å². The van der Waals surface area contributed by atoms with Gasteiger partial charge >= 0.3 is 0 Å². The standard InChI is InChI=1S/C34H62N2O4.HI/c1-7-8-9-10-18-36(5,6)19-17-35-31(40)14-11-23(2)26-12-13-27-32-28(22-30(39)34(26,27)4)33(3)16-15-25(37)20-24(33)21-29(32)38;/h23-30,32,37-39H,7-22H2,1-6H3;1H/t23-,24?,25-,26-,27?,28?,29-,30+,32?,33+,34-;/m1./s1. The number of carbonyl (C=O) groups excluding carboxylic acids is 1. The van der Waals surface area contributed by atoms with Crippen molar-refractivity contribution in [3.63, 3.8) is 0 Å². The number of amides is 1. The highest BCUT2D eigenvalue weighted by atomic mass is 127. The van der Waals surface area contributed by atoms with E-state index in [1.165, 1.54) is 25.7 Å². The summed E-state index contributed by atoms with van der Waals surface area (Å²) in [6.45, 7) is 12.1. The third kappa shape index (κ3) is 7.48. The quantitative estimate of drug-likeness (QED) is 0.144. The van der Waals surface area contributed by atoms with E-state index in [4.69, 9.17) is 0 Å². The molecule has 0 bridgehead atoms. The number of quaternary nitrogens is 1. The summed E-state index contributed by atoms with van der Waals surface area (Å²) in [4.78, 5) is 12.8. The topological polar surface area (TPSA) is 89.8 Å². The molecule has 4 rings (SSSR count). The maximum absolute atomic E-state index is 12.8. The molecule has 6 nitrogen and oxygen atoms in total. The van der Waals surface area contributed by atoms with Crippen LogP contribution in [0.3, 0.4) is 0 Å². The first-order valence-corrected chi connectivity index (χ1v) is 17.0. The van der Waals surface area contributed by atoms with E-state index >= 15 is 0 Å². The van der Waals surface area contributed by atoms with E-state index in [2.05, 4.69) is 47.1 Å². The smallest absolute Gasteiger partial charge is 0.220 e. The lowest BCUT2D eigenvalue weighted by molar-refractivity contribution is -0.889. The van der Waals surface area contributed by atoms with E-state index in [1.807, 2.05) is 0 Å². The highest BCUT2D eigenvalue weighted by Gasteiger charge is 2.65. The molecule has 11 atom stereocenters. The van der Waals surface area contributed by atoms with Gasteiger partial charge < -0.3 is 49.1 Å². The van der Waals surface area contributed by atoms with Gasteiger partial charge in [-0.25, -0.2) is 0 Å². The molecule has 7 heteroatoms. The Kier molecular flexibility index (Phi) is 12.5. The third-order valence-corrected chi connectivity index (χ3v) is 13.0. The Morgan fingerprint density at radius 3 is 2.41 bits per heavy atom. The summed E-state index contributed by atoms with van der Waals surface area (Å²) in [5.41, 5.74) is -0.0925. The molecular formula is C34H63IN2O4. The average molecular weight is 691 g/mol. The third-order valence-electron chi connectivity index (χ3n) is 13.0. The minimum absolute atomic E-state index is 0. The average Bonchev–Trinajstić information content (AvgIpc) is 3.25. The number of rotatable bonds is 12. The van der Waals surface area contributed by atoms with Gasteiger partial charge in [0.15, 0.2) is 0 Å². The van der Waals surface area contributed by atoms with Gasteiger partial charge in [-0.1, -0.05) is 40.5 Å². The fourth-order valence-electron chi connectivity index (χ4n) is 10.4. The fourth-order valence-corrected chi connectivity index (χ4v) is 10.4. The van der Waals surface area contributed by atoms with E-state index < -0.39 is 0 Å².